The van der Waals surface area contributed by atoms with Crippen LogP contribution in [0, 0.1) is 18.8 Å². The van der Waals surface area contributed by atoms with Gasteiger partial charge in [-0.25, -0.2) is 4.98 Å². The number of aromatic nitrogens is 2. The fraction of sp³-hybridized carbons (Fsp3) is 0.733. The van der Waals surface area contributed by atoms with Crippen molar-refractivity contribution >= 4 is 5.82 Å². The monoisotopic (exact) mass is 258 g/mol. The number of likely N-dealkylation sites (tertiary alicyclic amines) is 1. The summed E-state index contributed by atoms with van der Waals surface area (Å²) in [7, 11) is 0. The van der Waals surface area contributed by atoms with Crippen LogP contribution in [0.2, 0.25) is 0 Å². The lowest BCUT2D eigenvalue weighted by Crippen LogP contribution is -2.59. The Balaban J connectivity index is 1.37. The lowest BCUT2D eigenvalue weighted by molar-refractivity contribution is 0.189. The fourth-order valence-corrected chi connectivity index (χ4v) is 4.14. The highest BCUT2D eigenvalue weighted by molar-refractivity contribution is 5.45. The van der Waals surface area contributed by atoms with Crippen LogP contribution in [0.25, 0.3) is 0 Å². The molecule has 4 rings (SSSR count). The predicted octanol–water partition coefficient (Wildman–Crippen LogP) is 1.71. The Bertz CT molecular complexity index is 457. The van der Waals surface area contributed by atoms with Gasteiger partial charge < -0.3 is 4.90 Å². The van der Waals surface area contributed by atoms with Crippen LogP contribution in [0.4, 0.5) is 5.82 Å². The van der Waals surface area contributed by atoms with Crippen LogP contribution in [0.5, 0.6) is 0 Å². The van der Waals surface area contributed by atoms with E-state index in [2.05, 4.69) is 26.7 Å². The summed E-state index contributed by atoms with van der Waals surface area (Å²) in [6.45, 7) is 7.03. The van der Waals surface area contributed by atoms with E-state index in [0.717, 1.165) is 42.5 Å². The van der Waals surface area contributed by atoms with Crippen molar-refractivity contribution in [2.24, 2.45) is 11.8 Å². The summed E-state index contributed by atoms with van der Waals surface area (Å²) in [6.07, 6.45) is 7.99. The minimum absolute atomic E-state index is 0.756. The second kappa shape index (κ2) is 4.44. The van der Waals surface area contributed by atoms with Crippen LogP contribution >= 0.6 is 0 Å². The number of hydrogen-bond donors (Lipinski definition) is 0. The van der Waals surface area contributed by atoms with Crippen LogP contribution in [0.3, 0.4) is 0 Å². The summed E-state index contributed by atoms with van der Waals surface area (Å²) < 4.78 is 0. The third kappa shape index (κ3) is 1.93. The van der Waals surface area contributed by atoms with Gasteiger partial charge in [0, 0.05) is 44.6 Å². The molecule has 1 aromatic heterocycles. The van der Waals surface area contributed by atoms with Gasteiger partial charge in [0.2, 0.25) is 0 Å². The van der Waals surface area contributed by atoms with Gasteiger partial charge in [-0.1, -0.05) is 6.42 Å². The van der Waals surface area contributed by atoms with Crippen molar-refractivity contribution in [3.63, 3.8) is 0 Å². The van der Waals surface area contributed by atoms with Crippen molar-refractivity contribution in [2.75, 3.05) is 31.1 Å². The topological polar surface area (TPSA) is 32.3 Å². The largest absolute Gasteiger partial charge is 0.352 e. The summed E-state index contributed by atoms with van der Waals surface area (Å²) >= 11 is 0. The normalized spacial score (nSPS) is 31.5. The molecule has 0 bridgehead atoms. The Hall–Kier alpha value is -1.16. The van der Waals surface area contributed by atoms with Crippen LogP contribution in [-0.4, -0.2) is 47.1 Å². The van der Waals surface area contributed by atoms with Crippen LogP contribution < -0.4 is 4.90 Å². The maximum atomic E-state index is 4.46. The summed E-state index contributed by atoms with van der Waals surface area (Å²) in [5.41, 5.74) is 1.05. The van der Waals surface area contributed by atoms with Gasteiger partial charge in [0.1, 0.15) is 5.82 Å². The van der Waals surface area contributed by atoms with E-state index in [-0.39, 0.29) is 0 Å². The third-order valence-corrected chi connectivity index (χ3v) is 5.29. The molecule has 1 aliphatic carbocycles. The Labute approximate surface area is 114 Å². The average Bonchev–Trinajstić information content (AvgIpc) is 2.90. The number of aryl methyl sites for hydroxylation is 1. The Morgan fingerprint density at radius 3 is 2.37 bits per heavy atom. The minimum atomic E-state index is 0.756. The van der Waals surface area contributed by atoms with E-state index < -0.39 is 0 Å². The lowest BCUT2D eigenvalue weighted by Gasteiger charge is -2.45. The van der Waals surface area contributed by atoms with Gasteiger partial charge in [-0.15, -0.1) is 0 Å². The standard InChI is InChI=1S/C15H22N4/c1-11-15(17-6-5-16-11)19-9-14(10-19)18-7-12-3-2-4-13(12)8-18/h5-6,12-14H,2-4,7-10H2,1H3. The first-order valence-electron chi connectivity index (χ1n) is 7.58. The van der Waals surface area contributed by atoms with E-state index in [1.165, 1.54) is 32.4 Å². The molecule has 1 aromatic rings. The second-order valence-electron chi connectivity index (χ2n) is 6.43. The van der Waals surface area contributed by atoms with Crippen molar-refractivity contribution in [3.05, 3.63) is 18.1 Å². The summed E-state index contributed by atoms with van der Waals surface area (Å²) in [4.78, 5) is 13.9. The highest BCUT2D eigenvalue weighted by atomic mass is 15.3. The summed E-state index contributed by atoms with van der Waals surface area (Å²) in [6, 6.07) is 0.756. The van der Waals surface area contributed by atoms with Gasteiger partial charge in [0.05, 0.1) is 5.69 Å². The SMILES string of the molecule is Cc1nccnc1N1CC(N2CC3CCCC3C2)C1. The van der Waals surface area contributed by atoms with Gasteiger partial charge in [-0.05, 0) is 31.6 Å². The Kier molecular flexibility index (Phi) is 2.72. The molecule has 3 heterocycles. The van der Waals surface area contributed by atoms with E-state index >= 15 is 0 Å². The molecule has 2 aliphatic heterocycles. The van der Waals surface area contributed by atoms with E-state index in [0.29, 0.717) is 0 Å². The highest BCUT2D eigenvalue weighted by Crippen LogP contribution is 2.39. The first kappa shape index (κ1) is 11.6. The zero-order valence-corrected chi connectivity index (χ0v) is 11.6. The number of anilines is 1. The lowest BCUT2D eigenvalue weighted by atomic mass is 10.0. The van der Waals surface area contributed by atoms with E-state index in [9.17, 15) is 0 Å². The van der Waals surface area contributed by atoms with E-state index in [4.69, 9.17) is 0 Å². The molecule has 0 aromatic carbocycles. The van der Waals surface area contributed by atoms with Gasteiger partial charge in [0.25, 0.3) is 0 Å². The Morgan fingerprint density at radius 1 is 1.00 bits per heavy atom. The average molecular weight is 258 g/mol. The molecule has 0 amide bonds. The van der Waals surface area contributed by atoms with Gasteiger partial charge >= 0.3 is 0 Å². The highest BCUT2D eigenvalue weighted by Gasteiger charge is 2.42. The summed E-state index contributed by atoms with van der Waals surface area (Å²) in [5, 5.41) is 0. The molecule has 4 heteroatoms. The molecule has 2 atom stereocenters. The van der Waals surface area contributed by atoms with Crippen molar-refractivity contribution in [3.8, 4) is 0 Å². The van der Waals surface area contributed by atoms with Gasteiger partial charge in [-0.2, -0.15) is 0 Å². The number of hydrogen-bond acceptors (Lipinski definition) is 4. The third-order valence-electron chi connectivity index (χ3n) is 5.29. The molecule has 4 nitrogen and oxygen atoms in total. The predicted molar refractivity (Wildman–Crippen MR) is 75.2 cm³/mol. The first-order chi connectivity index (χ1) is 9.31. The zero-order valence-electron chi connectivity index (χ0n) is 11.6. The molecule has 2 saturated heterocycles. The van der Waals surface area contributed by atoms with E-state index in [1.54, 1.807) is 12.4 Å². The molecule has 19 heavy (non-hydrogen) atoms. The van der Waals surface area contributed by atoms with Gasteiger partial charge in [-0.3, -0.25) is 9.88 Å². The fourth-order valence-electron chi connectivity index (χ4n) is 4.14. The van der Waals surface area contributed by atoms with Crippen LogP contribution in [0.1, 0.15) is 25.0 Å². The van der Waals surface area contributed by atoms with Crippen molar-refractivity contribution in [1.29, 1.82) is 0 Å². The van der Waals surface area contributed by atoms with Crippen LogP contribution in [0.15, 0.2) is 12.4 Å². The summed E-state index contributed by atoms with van der Waals surface area (Å²) in [5.74, 6) is 3.10. The molecular weight excluding hydrogens is 236 g/mol. The molecule has 102 valence electrons. The molecule has 1 saturated carbocycles. The maximum absolute atomic E-state index is 4.46. The molecule has 0 spiro atoms. The van der Waals surface area contributed by atoms with Crippen molar-refractivity contribution < 1.29 is 0 Å². The number of fused-ring (bicyclic) bond motifs is 1. The number of nitrogens with zero attached hydrogens (tertiary/aromatic N) is 4. The molecule has 2 unspecified atom stereocenters. The molecular formula is C15H22N4. The molecule has 0 radical (unpaired) electrons. The molecule has 3 aliphatic rings. The molecule has 3 fully saturated rings. The minimum Gasteiger partial charge on any atom is -0.352 e. The van der Waals surface area contributed by atoms with Crippen LogP contribution in [-0.2, 0) is 0 Å². The van der Waals surface area contributed by atoms with Gasteiger partial charge in [0.15, 0.2) is 0 Å². The zero-order chi connectivity index (χ0) is 12.8. The smallest absolute Gasteiger partial charge is 0.150 e. The maximum Gasteiger partial charge on any atom is 0.150 e. The first-order valence-corrected chi connectivity index (χ1v) is 7.58. The second-order valence-corrected chi connectivity index (χ2v) is 6.43. The van der Waals surface area contributed by atoms with E-state index in [1.807, 2.05) is 0 Å². The van der Waals surface area contributed by atoms with Crippen molar-refractivity contribution in [1.82, 2.24) is 14.9 Å². The quantitative estimate of drug-likeness (QED) is 0.808. The van der Waals surface area contributed by atoms with Crippen molar-refractivity contribution in [2.45, 2.75) is 32.2 Å². The number of rotatable bonds is 2. The Morgan fingerprint density at radius 2 is 1.68 bits per heavy atom. The molecule has 0 N–H and O–H groups in total.